The van der Waals surface area contributed by atoms with Gasteiger partial charge < -0.3 is 31.0 Å². The molecule has 0 bridgehead atoms. The van der Waals surface area contributed by atoms with Gasteiger partial charge in [0.15, 0.2) is 11.6 Å². The lowest BCUT2D eigenvalue weighted by atomic mass is 10.1. The number of anilines is 5. The number of rotatable bonds is 6. The van der Waals surface area contributed by atoms with Crippen LogP contribution in [0.3, 0.4) is 0 Å². The number of amides is 3. The van der Waals surface area contributed by atoms with Gasteiger partial charge >= 0.3 is 6.03 Å². The van der Waals surface area contributed by atoms with Gasteiger partial charge in [0, 0.05) is 46.3 Å². The highest BCUT2D eigenvalue weighted by Crippen LogP contribution is 2.36. The number of carbonyl (C=O) groups is 2. The number of aryl methyl sites for hydroxylation is 1. The van der Waals surface area contributed by atoms with Crippen molar-refractivity contribution in [2.24, 2.45) is 0 Å². The Bertz CT molecular complexity index is 1530. The van der Waals surface area contributed by atoms with Crippen LogP contribution in [0, 0.1) is 12.7 Å². The number of carbonyl (C=O) groups excluding carboxylic acids is 2. The number of ether oxygens (including phenoxy) is 1. The molecule has 0 aliphatic carbocycles. The van der Waals surface area contributed by atoms with E-state index in [1.165, 1.54) is 25.3 Å². The van der Waals surface area contributed by atoms with Crippen molar-refractivity contribution in [1.29, 1.82) is 0 Å². The van der Waals surface area contributed by atoms with E-state index in [1.807, 2.05) is 61.7 Å². The molecule has 1 aliphatic heterocycles. The van der Waals surface area contributed by atoms with E-state index in [0.29, 0.717) is 22.6 Å². The second kappa shape index (κ2) is 9.90. The molecule has 4 aromatic rings. The molecular weight excluding hydrogens is 473 g/mol. The molecule has 1 aliphatic rings. The molecule has 3 amide bonds. The maximum Gasteiger partial charge on any atom is 0.323 e. The Labute approximate surface area is 212 Å². The van der Waals surface area contributed by atoms with Crippen molar-refractivity contribution in [1.82, 2.24) is 4.98 Å². The third-order valence-corrected chi connectivity index (χ3v) is 5.91. The maximum atomic E-state index is 13.6. The number of aromatic nitrogens is 1. The number of nitrogens with one attached hydrogen (secondary N) is 5. The Morgan fingerprint density at radius 3 is 2.49 bits per heavy atom. The molecule has 37 heavy (non-hydrogen) atoms. The van der Waals surface area contributed by atoms with Gasteiger partial charge in [-0.25, -0.2) is 9.18 Å². The van der Waals surface area contributed by atoms with Gasteiger partial charge in [0.2, 0.25) is 0 Å². The summed E-state index contributed by atoms with van der Waals surface area (Å²) in [6.07, 6.45) is 3.63. The highest BCUT2D eigenvalue weighted by atomic mass is 19.1. The second-order valence-corrected chi connectivity index (χ2v) is 8.48. The van der Waals surface area contributed by atoms with E-state index in [-0.39, 0.29) is 11.7 Å². The minimum atomic E-state index is -0.512. The Hall–Kier alpha value is -5.05. The zero-order valence-electron chi connectivity index (χ0n) is 20.1. The van der Waals surface area contributed by atoms with Crippen molar-refractivity contribution in [2.75, 3.05) is 28.4 Å². The Balaban J connectivity index is 1.30. The van der Waals surface area contributed by atoms with Gasteiger partial charge in [-0.15, -0.1) is 0 Å². The quantitative estimate of drug-likeness (QED) is 0.200. The molecule has 5 rings (SSSR count). The standard InChI is InChI=1S/C28H24FN5O3/c1-16-5-6-19(32-28(36)33-20-8-10-23(29)26(15-20)37-2)13-24(16)31-18-7-9-21-22(12-17-4-3-11-30-17)27(35)34-25(21)14-18/h3-15,30-31H,1-2H3,(H,34,35)(H2,32,33,36)/b22-12-. The van der Waals surface area contributed by atoms with E-state index in [2.05, 4.69) is 26.3 Å². The minimum Gasteiger partial charge on any atom is -0.494 e. The van der Waals surface area contributed by atoms with E-state index in [0.717, 1.165) is 28.2 Å². The number of methoxy groups -OCH3 is 1. The normalized spacial score (nSPS) is 13.2. The molecule has 0 fully saturated rings. The topological polar surface area (TPSA) is 107 Å². The maximum absolute atomic E-state index is 13.6. The predicted molar refractivity (Wildman–Crippen MR) is 144 cm³/mol. The molecule has 2 heterocycles. The summed E-state index contributed by atoms with van der Waals surface area (Å²) < 4.78 is 18.6. The van der Waals surface area contributed by atoms with Crippen LogP contribution in [0.1, 0.15) is 16.8 Å². The molecule has 0 spiro atoms. The molecule has 186 valence electrons. The first kappa shape index (κ1) is 23.7. The molecule has 0 atom stereocenters. The number of hydrogen-bond acceptors (Lipinski definition) is 4. The fourth-order valence-corrected chi connectivity index (χ4v) is 4.03. The van der Waals surface area contributed by atoms with Crippen LogP contribution in [-0.2, 0) is 4.79 Å². The summed E-state index contributed by atoms with van der Waals surface area (Å²) in [7, 11) is 1.36. The second-order valence-electron chi connectivity index (χ2n) is 8.48. The number of aromatic amines is 1. The van der Waals surface area contributed by atoms with E-state index in [4.69, 9.17) is 4.74 Å². The van der Waals surface area contributed by atoms with Gasteiger partial charge in [-0.2, -0.15) is 0 Å². The Morgan fingerprint density at radius 2 is 1.73 bits per heavy atom. The highest BCUT2D eigenvalue weighted by Gasteiger charge is 2.24. The molecule has 0 unspecified atom stereocenters. The molecule has 0 saturated carbocycles. The molecule has 9 heteroatoms. The average Bonchev–Trinajstić information content (AvgIpc) is 3.50. The number of urea groups is 1. The number of benzene rings is 3. The molecule has 1 aromatic heterocycles. The van der Waals surface area contributed by atoms with Crippen molar-refractivity contribution in [2.45, 2.75) is 6.92 Å². The van der Waals surface area contributed by atoms with Gasteiger partial charge in [0.25, 0.3) is 5.91 Å². The summed E-state index contributed by atoms with van der Waals surface area (Å²) in [4.78, 5) is 28.1. The molecular formula is C28H24FN5O3. The van der Waals surface area contributed by atoms with Gasteiger partial charge in [0.1, 0.15) is 0 Å². The van der Waals surface area contributed by atoms with E-state index >= 15 is 0 Å². The van der Waals surface area contributed by atoms with Crippen LogP contribution in [0.25, 0.3) is 11.6 Å². The van der Waals surface area contributed by atoms with Crippen molar-refractivity contribution < 1.29 is 18.7 Å². The lowest BCUT2D eigenvalue weighted by Crippen LogP contribution is -2.19. The van der Waals surface area contributed by atoms with Crippen molar-refractivity contribution in [3.8, 4) is 5.75 Å². The lowest BCUT2D eigenvalue weighted by Gasteiger charge is -2.14. The zero-order valence-corrected chi connectivity index (χ0v) is 20.1. The zero-order chi connectivity index (χ0) is 25.9. The van der Waals surface area contributed by atoms with Crippen molar-refractivity contribution in [3.05, 3.63) is 95.6 Å². The van der Waals surface area contributed by atoms with Crippen LogP contribution in [0.4, 0.5) is 37.6 Å². The summed E-state index contributed by atoms with van der Waals surface area (Å²) >= 11 is 0. The molecule has 3 aromatic carbocycles. The first-order valence-corrected chi connectivity index (χ1v) is 11.5. The van der Waals surface area contributed by atoms with Crippen LogP contribution in [0.5, 0.6) is 5.75 Å². The average molecular weight is 498 g/mol. The number of hydrogen-bond donors (Lipinski definition) is 5. The monoisotopic (exact) mass is 497 g/mol. The summed E-state index contributed by atoms with van der Waals surface area (Å²) in [6.45, 7) is 1.95. The van der Waals surface area contributed by atoms with Gasteiger partial charge in [0.05, 0.1) is 18.4 Å². The van der Waals surface area contributed by atoms with Crippen LogP contribution < -0.4 is 26.0 Å². The fraction of sp³-hybridized carbons (Fsp3) is 0.0714. The lowest BCUT2D eigenvalue weighted by molar-refractivity contribution is -0.110. The third-order valence-electron chi connectivity index (χ3n) is 5.91. The predicted octanol–water partition coefficient (Wildman–Crippen LogP) is 6.35. The summed E-state index contributed by atoms with van der Waals surface area (Å²) in [6, 6.07) is 18.5. The third kappa shape index (κ3) is 5.15. The van der Waals surface area contributed by atoms with Crippen LogP contribution in [0.15, 0.2) is 72.9 Å². The molecule has 8 nitrogen and oxygen atoms in total. The number of H-pyrrole nitrogens is 1. The summed E-state index contributed by atoms with van der Waals surface area (Å²) in [5.74, 6) is -0.632. The first-order valence-electron chi connectivity index (χ1n) is 11.5. The molecule has 0 radical (unpaired) electrons. The van der Waals surface area contributed by atoms with E-state index in [1.54, 1.807) is 6.07 Å². The summed E-state index contributed by atoms with van der Waals surface area (Å²) in [5.41, 5.74) is 6.47. The van der Waals surface area contributed by atoms with Crippen molar-refractivity contribution in [3.63, 3.8) is 0 Å². The van der Waals surface area contributed by atoms with E-state index < -0.39 is 11.8 Å². The first-order chi connectivity index (χ1) is 17.9. The highest BCUT2D eigenvalue weighted by molar-refractivity contribution is 6.35. The van der Waals surface area contributed by atoms with Gasteiger partial charge in [-0.1, -0.05) is 12.1 Å². The number of halogens is 1. The van der Waals surface area contributed by atoms with E-state index in [9.17, 15) is 14.0 Å². The fourth-order valence-electron chi connectivity index (χ4n) is 4.03. The number of fused-ring (bicyclic) bond motifs is 1. The van der Waals surface area contributed by atoms with Gasteiger partial charge in [-0.3, -0.25) is 4.79 Å². The van der Waals surface area contributed by atoms with Crippen LogP contribution in [0.2, 0.25) is 0 Å². The minimum absolute atomic E-state index is 0.0390. The smallest absolute Gasteiger partial charge is 0.323 e. The molecule has 0 saturated heterocycles. The molecule has 5 N–H and O–H groups in total. The van der Waals surface area contributed by atoms with Gasteiger partial charge in [-0.05, 0) is 67.1 Å². The van der Waals surface area contributed by atoms with Crippen LogP contribution >= 0.6 is 0 Å². The SMILES string of the molecule is COc1cc(NC(=O)Nc2ccc(C)c(Nc3ccc4c(c3)NC(=O)/C4=C\c3ccc[nH]3)c2)ccc1F. The largest absolute Gasteiger partial charge is 0.494 e. The van der Waals surface area contributed by atoms with Crippen molar-refractivity contribution >= 4 is 52.0 Å². The Kier molecular flexibility index (Phi) is 6.34. The Morgan fingerprint density at radius 1 is 0.973 bits per heavy atom. The summed E-state index contributed by atoms with van der Waals surface area (Å²) in [5, 5.41) is 11.7. The van der Waals surface area contributed by atoms with Crippen LogP contribution in [-0.4, -0.2) is 24.0 Å².